The lowest BCUT2D eigenvalue weighted by Crippen LogP contribution is -2.19. The van der Waals surface area contributed by atoms with E-state index in [2.05, 4.69) is 69.7 Å². The Labute approximate surface area is 386 Å². The molecule has 10 heteroatoms. The van der Waals surface area contributed by atoms with E-state index < -0.39 is 11.9 Å². The van der Waals surface area contributed by atoms with Crippen LogP contribution in [0.3, 0.4) is 0 Å². The zero-order chi connectivity index (χ0) is 46.5. The molecule has 2 aliphatic rings. The highest BCUT2D eigenvalue weighted by atomic mass is 16.5. The van der Waals surface area contributed by atoms with E-state index in [1.54, 1.807) is 24.3 Å². The maximum absolute atomic E-state index is 12.0. The summed E-state index contributed by atoms with van der Waals surface area (Å²) in [6.07, 6.45) is 13.3. The monoisotopic (exact) mass is 882 g/mol. The van der Waals surface area contributed by atoms with Crippen molar-refractivity contribution in [1.82, 2.24) is 19.9 Å². The van der Waals surface area contributed by atoms with Gasteiger partial charge >= 0.3 is 11.9 Å². The zero-order valence-corrected chi connectivity index (χ0v) is 38.5. The first-order valence-electron chi connectivity index (χ1n) is 23.2. The zero-order valence-electron chi connectivity index (χ0n) is 38.5. The number of carboxylic acids is 2. The summed E-state index contributed by atoms with van der Waals surface area (Å²) < 4.78 is 14.2. The molecule has 0 aliphatic carbocycles. The van der Waals surface area contributed by atoms with Crippen LogP contribution in [-0.4, -0.2) is 54.3 Å². The largest absolute Gasteiger partial charge is 0.486 e. The van der Waals surface area contributed by atoms with Gasteiger partial charge in [-0.3, -0.25) is 0 Å². The van der Waals surface area contributed by atoms with Crippen LogP contribution in [0.4, 0.5) is 0 Å². The van der Waals surface area contributed by atoms with E-state index in [-0.39, 0.29) is 23.3 Å². The standard InChI is InChI=1S/C56H58N4O6/c1-7-10-43(28-33(3)4)65-53-48-23-22-41(57-48)31-42-32-45(40-13-9-12-39(30-40)35-14-18-37(19-15-35)55(61)62)52(58-42)54(66-44(11-8-2)29-34(5)6)50-27-25-47(60-50)51(46-24-26-49(53)59-46)36-16-20-38(21-17-36)56(63)64/h9,12-27,30-34,43-44,58-59H,7-8,10-11,28-29H2,1-6H3,(H,61,62)(H,63,64). The van der Waals surface area contributed by atoms with Gasteiger partial charge in [-0.05, 0) is 139 Å². The van der Waals surface area contributed by atoms with Crippen LogP contribution in [0.2, 0.25) is 0 Å². The minimum Gasteiger partial charge on any atom is -0.486 e. The van der Waals surface area contributed by atoms with Crippen LogP contribution in [0, 0.1) is 11.8 Å². The highest BCUT2D eigenvalue weighted by Gasteiger charge is 2.23. The Balaban J connectivity index is 1.46. The summed E-state index contributed by atoms with van der Waals surface area (Å²) in [5.41, 5.74) is 11.5. The second-order valence-corrected chi connectivity index (χ2v) is 18.1. The Kier molecular flexibility index (Phi) is 13.7. The number of aromatic amines is 2. The maximum atomic E-state index is 12.0. The Morgan fingerprint density at radius 1 is 0.576 bits per heavy atom. The minimum atomic E-state index is -0.999. The molecule has 0 amide bonds. The number of aromatic nitrogens is 4. The number of ether oxygens (including phenoxy) is 2. The number of rotatable bonds is 17. The first kappa shape index (κ1) is 45.4. The van der Waals surface area contributed by atoms with E-state index in [0.717, 1.165) is 99.7 Å². The molecule has 6 aromatic rings. The summed E-state index contributed by atoms with van der Waals surface area (Å²) in [7, 11) is 0. The highest BCUT2D eigenvalue weighted by Crippen LogP contribution is 2.40. The van der Waals surface area contributed by atoms with Gasteiger partial charge in [-0.15, -0.1) is 0 Å². The highest BCUT2D eigenvalue weighted by molar-refractivity contribution is 5.97. The Morgan fingerprint density at radius 3 is 1.76 bits per heavy atom. The van der Waals surface area contributed by atoms with Crippen molar-refractivity contribution in [2.45, 2.75) is 92.3 Å². The lowest BCUT2D eigenvalue weighted by atomic mass is 9.98. The Morgan fingerprint density at radius 2 is 1.14 bits per heavy atom. The molecule has 0 saturated heterocycles. The number of carboxylic acid groups (broad SMARTS) is 2. The maximum Gasteiger partial charge on any atom is 0.335 e. The van der Waals surface area contributed by atoms with Crippen LogP contribution >= 0.6 is 0 Å². The fourth-order valence-corrected chi connectivity index (χ4v) is 8.89. The Bertz CT molecular complexity index is 2970. The predicted molar refractivity (Wildman–Crippen MR) is 267 cm³/mol. The lowest BCUT2D eigenvalue weighted by Gasteiger charge is -2.21. The summed E-state index contributed by atoms with van der Waals surface area (Å²) in [4.78, 5) is 41.7. The molecule has 0 fully saturated rings. The van der Waals surface area contributed by atoms with E-state index in [0.29, 0.717) is 40.4 Å². The normalized spacial score (nSPS) is 13.0. The summed E-state index contributed by atoms with van der Waals surface area (Å²) in [6.45, 7) is 13.2. The molecule has 0 radical (unpaired) electrons. The second kappa shape index (κ2) is 19.9. The number of fused-ring (bicyclic) bond motifs is 8. The quantitative estimate of drug-likeness (QED) is 0.0706. The Hall–Kier alpha value is -7.20. The molecule has 0 spiro atoms. The van der Waals surface area contributed by atoms with Gasteiger partial charge in [-0.1, -0.05) is 96.8 Å². The average molecular weight is 883 g/mol. The van der Waals surface area contributed by atoms with Gasteiger partial charge in [0.25, 0.3) is 0 Å². The van der Waals surface area contributed by atoms with Gasteiger partial charge in [-0.2, -0.15) is 0 Å². The molecule has 3 aromatic carbocycles. The number of nitrogens with zero attached hydrogens (tertiary/aromatic N) is 2. The molecule has 8 rings (SSSR count). The first-order valence-corrected chi connectivity index (χ1v) is 23.2. The number of nitrogens with one attached hydrogen (secondary N) is 2. The van der Waals surface area contributed by atoms with Crippen molar-refractivity contribution in [3.05, 3.63) is 131 Å². The van der Waals surface area contributed by atoms with Crippen molar-refractivity contribution in [1.29, 1.82) is 0 Å². The number of benzene rings is 3. The fraction of sp³-hybridized carbons (Fsp3) is 0.286. The van der Waals surface area contributed by atoms with Gasteiger partial charge in [0.05, 0.1) is 45.8 Å². The van der Waals surface area contributed by atoms with Crippen molar-refractivity contribution in [2.24, 2.45) is 11.8 Å². The van der Waals surface area contributed by atoms with Crippen LogP contribution in [0.1, 0.15) is 124 Å². The molecule has 10 nitrogen and oxygen atoms in total. The third kappa shape index (κ3) is 10.2. The second-order valence-electron chi connectivity index (χ2n) is 18.1. The fourth-order valence-electron chi connectivity index (χ4n) is 8.89. The van der Waals surface area contributed by atoms with Crippen LogP contribution in [-0.2, 0) is 0 Å². The smallest absolute Gasteiger partial charge is 0.335 e. The van der Waals surface area contributed by atoms with Gasteiger partial charge in [0.1, 0.15) is 11.4 Å². The van der Waals surface area contributed by atoms with Crippen molar-refractivity contribution < 1.29 is 29.3 Å². The molecular formula is C56H58N4O6. The third-order valence-electron chi connectivity index (χ3n) is 11.9. The van der Waals surface area contributed by atoms with Gasteiger partial charge in [0, 0.05) is 22.2 Å². The van der Waals surface area contributed by atoms with Crippen LogP contribution in [0.5, 0.6) is 11.5 Å². The number of hydrogen-bond donors (Lipinski definition) is 4. The van der Waals surface area contributed by atoms with Crippen molar-refractivity contribution >= 4 is 58.3 Å². The van der Waals surface area contributed by atoms with Crippen molar-refractivity contribution in [3.63, 3.8) is 0 Å². The predicted octanol–water partition coefficient (Wildman–Crippen LogP) is 14.2. The molecule has 5 heterocycles. The molecule has 2 atom stereocenters. The molecule has 0 saturated carbocycles. The summed E-state index contributed by atoms with van der Waals surface area (Å²) >= 11 is 0. The van der Waals surface area contributed by atoms with Crippen LogP contribution < -0.4 is 9.47 Å². The third-order valence-corrected chi connectivity index (χ3v) is 11.9. The summed E-state index contributed by atoms with van der Waals surface area (Å²) in [5, 5.41) is 19.4. The number of carbonyl (C=O) groups is 2. The van der Waals surface area contributed by atoms with E-state index in [9.17, 15) is 19.8 Å². The summed E-state index contributed by atoms with van der Waals surface area (Å²) in [5.74, 6) is 0.106. The molecule has 66 heavy (non-hydrogen) atoms. The number of H-pyrrole nitrogens is 2. The molecule has 2 aliphatic heterocycles. The molecule has 8 bridgehead atoms. The van der Waals surface area contributed by atoms with Crippen molar-refractivity contribution in [2.75, 3.05) is 0 Å². The molecular weight excluding hydrogens is 825 g/mol. The topological polar surface area (TPSA) is 150 Å². The van der Waals surface area contributed by atoms with Crippen LogP contribution in [0.15, 0.2) is 97.1 Å². The number of aromatic carboxylic acids is 2. The van der Waals surface area contributed by atoms with Crippen molar-refractivity contribution in [3.8, 4) is 44.9 Å². The summed E-state index contributed by atoms with van der Waals surface area (Å²) in [6, 6.07) is 30.2. The van der Waals surface area contributed by atoms with Gasteiger partial charge in [-0.25, -0.2) is 19.6 Å². The molecule has 3 aromatic heterocycles. The SMILES string of the molecule is CCCC(CC(C)C)Oc1c2nc(cc3cc(-c4cccc(-c5ccc(C(=O)O)cc5)c4)c([nH]3)c(OC(CCC)CC(C)C)c3nc(c(-c4ccc(C(=O)O)cc4)c4ccc1[nH]4)C=C3)C=C2. The van der Waals surface area contributed by atoms with E-state index in [1.165, 1.54) is 0 Å². The van der Waals surface area contributed by atoms with Gasteiger partial charge in [0.2, 0.25) is 0 Å². The van der Waals surface area contributed by atoms with Gasteiger partial charge < -0.3 is 29.7 Å². The van der Waals surface area contributed by atoms with Crippen LogP contribution in [0.25, 0.3) is 79.8 Å². The molecule has 4 N–H and O–H groups in total. The molecule has 2 unspecified atom stereocenters. The van der Waals surface area contributed by atoms with E-state index in [1.807, 2.05) is 78.9 Å². The average Bonchev–Trinajstić information content (AvgIpc) is 4.14. The lowest BCUT2D eigenvalue weighted by molar-refractivity contribution is 0.0686. The first-order chi connectivity index (χ1) is 31.9. The van der Waals surface area contributed by atoms with E-state index in [4.69, 9.17) is 19.4 Å². The number of hydrogen-bond acceptors (Lipinski definition) is 6. The minimum absolute atomic E-state index is 0.0293. The van der Waals surface area contributed by atoms with Gasteiger partial charge in [0.15, 0.2) is 11.5 Å². The van der Waals surface area contributed by atoms with E-state index >= 15 is 0 Å². The molecule has 338 valence electrons.